The maximum atomic E-state index is 12.0. The maximum Gasteiger partial charge on any atom is 0.253 e. The number of amides is 1. The van der Waals surface area contributed by atoms with Crippen LogP contribution >= 0.6 is 0 Å². The number of rotatable bonds is 2. The van der Waals surface area contributed by atoms with Gasteiger partial charge in [0.05, 0.1) is 6.20 Å². The van der Waals surface area contributed by atoms with Gasteiger partial charge in [-0.05, 0) is 11.6 Å². The summed E-state index contributed by atoms with van der Waals surface area (Å²) >= 11 is 0. The Bertz CT molecular complexity index is 543. The van der Waals surface area contributed by atoms with Crippen LogP contribution in [-0.4, -0.2) is 34.7 Å². The zero-order chi connectivity index (χ0) is 12.4. The highest BCUT2D eigenvalue weighted by atomic mass is 16.2. The van der Waals surface area contributed by atoms with Crippen molar-refractivity contribution in [3.8, 4) is 11.1 Å². The molecule has 0 radical (unpaired) electrons. The third kappa shape index (κ3) is 2.20. The third-order valence-electron chi connectivity index (χ3n) is 2.58. The van der Waals surface area contributed by atoms with Gasteiger partial charge in [0, 0.05) is 38.5 Å². The minimum Gasteiger partial charge on any atom is -0.345 e. The molecule has 0 N–H and O–H groups in total. The molecule has 4 nitrogen and oxygen atoms in total. The Morgan fingerprint density at radius 2 is 2.00 bits per heavy atom. The molecule has 0 atom stereocenters. The molecule has 0 bridgehead atoms. The van der Waals surface area contributed by atoms with Gasteiger partial charge in [0.25, 0.3) is 5.91 Å². The second-order valence-electron chi connectivity index (χ2n) is 4.15. The highest BCUT2D eigenvalue weighted by Gasteiger charge is 2.14. The van der Waals surface area contributed by atoms with Crippen LogP contribution < -0.4 is 0 Å². The van der Waals surface area contributed by atoms with E-state index in [9.17, 15) is 4.79 Å². The van der Waals surface area contributed by atoms with Crippen LogP contribution in [0.15, 0.2) is 36.7 Å². The van der Waals surface area contributed by atoms with E-state index in [1.54, 1.807) is 29.9 Å². The zero-order valence-corrected chi connectivity index (χ0v) is 10.2. The van der Waals surface area contributed by atoms with Crippen molar-refractivity contribution >= 4 is 5.91 Å². The zero-order valence-electron chi connectivity index (χ0n) is 10.2. The molecule has 0 unspecified atom stereocenters. The minimum atomic E-state index is 0.00412. The Labute approximate surface area is 100 Å². The van der Waals surface area contributed by atoms with Crippen LogP contribution in [0.2, 0.25) is 0 Å². The summed E-state index contributed by atoms with van der Waals surface area (Å²) in [6.45, 7) is 0. The van der Waals surface area contributed by atoms with E-state index in [-0.39, 0.29) is 5.91 Å². The quantitative estimate of drug-likeness (QED) is 0.787. The number of benzene rings is 1. The molecule has 0 aliphatic rings. The SMILES string of the molecule is CN(C)C(=O)c1ccccc1-c1cnn(C)c1. The summed E-state index contributed by atoms with van der Waals surface area (Å²) in [5.41, 5.74) is 2.57. The molecule has 4 heteroatoms. The number of aromatic nitrogens is 2. The molecule has 2 aromatic rings. The lowest BCUT2D eigenvalue weighted by molar-refractivity contribution is 0.0828. The van der Waals surface area contributed by atoms with Crippen molar-refractivity contribution in [3.63, 3.8) is 0 Å². The van der Waals surface area contributed by atoms with Crippen molar-refractivity contribution in [2.45, 2.75) is 0 Å². The van der Waals surface area contributed by atoms with Gasteiger partial charge in [-0.15, -0.1) is 0 Å². The second kappa shape index (κ2) is 4.41. The first-order chi connectivity index (χ1) is 8.09. The van der Waals surface area contributed by atoms with Crippen molar-refractivity contribution in [2.75, 3.05) is 14.1 Å². The Morgan fingerprint density at radius 3 is 2.59 bits per heavy atom. The van der Waals surface area contributed by atoms with Crippen molar-refractivity contribution in [3.05, 3.63) is 42.2 Å². The number of nitrogens with zero attached hydrogens (tertiary/aromatic N) is 3. The molecular weight excluding hydrogens is 214 g/mol. The molecule has 2 rings (SSSR count). The lowest BCUT2D eigenvalue weighted by Gasteiger charge is -2.13. The van der Waals surface area contributed by atoms with Crippen molar-refractivity contribution in [1.29, 1.82) is 0 Å². The van der Waals surface area contributed by atoms with Gasteiger partial charge >= 0.3 is 0 Å². The topological polar surface area (TPSA) is 38.1 Å². The first kappa shape index (κ1) is 11.4. The summed E-state index contributed by atoms with van der Waals surface area (Å²) < 4.78 is 1.73. The lowest BCUT2D eigenvalue weighted by atomic mass is 10.0. The normalized spacial score (nSPS) is 10.3. The largest absolute Gasteiger partial charge is 0.345 e. The highest BCUT2D eigenvalue weighted by molar-refractivity contribution is 6.00. The molecule has 0 spiro atoms. The molecule has 88 valence electrons. The van der Waals surface area contributed by atoms with E-state index < -0.39 is 0 Å². The van der Waals surface area contributed by atoms with Crippen LogP contribution in [0.1, 0.15) is 10.4 Å². The molecular formula is C13H15N3O. The van der Waals surface area contributed by atoms with Crippen LogP contribution in [0.3, 0.4) is 0 Å². The molecule has 0 aliphatic carbocycles. The van der Waals surface area contributed by atoms with E-state index in [2.05, 4.69) is 5.10 Å². The fourth-order valence-electron chi connectivity index (χ4n) is 1.72. The Balaban J connectivity index is 2.51. The summed E-state index contributed by atoms with van der Waals surface area (Å²) in [5, 5.41) is 4.13. The van der Waals surface area contributed by atoms with Crippen molar-refractivity contribution in [2.24, 2.45) is 7.05 Å². The molecule has 0 saturated carbocycles. The number of carbonyl (C=O) groups is 1. The first-order valence-corrected chi connectivity index (χ1v) is 5.39. The summed E-state index contributed by atoms with van der Waals surface area (Å²) in [7, 11) is 5.37. The van der Waals surface area contributed by atoms with Crippen molar-refractivity contribution < 1.29 is 4.79 Å². The van der Waals surface area contributed by atoms with Crippen LogP contribution in [0.5, 0.6) is 0 Å². The third-order valence-corrected chi connectivity index (χ3v) is 2.58. The fraction of sp³-hybridized carbons (Fsp3) is 0.231. The van der Waals surface area contributed by atoms with Gasteiger partial charge < -0.3 is 4.90 Å². The minimum absolute atomic E-state index is 0.00412. The molecule has 1 aromatic heterocycles. The van der Waals surface area contributed by atoms with Gasteiger partial charge in [0.1, 0.15) is 0 Å². The van der Waals surface area contributed by atoms with Gasteiger partial charge in [-0.1, -0.05) is 18.2 Å². The number of hydrogen-bond acceptors (Lipinski definition) is 2. The monoisotopic (exact) mass is 229 g/mol. The van der Waals surface area contributed by atoms with Gasteiger partial charge in [-0.25, -0.2) is 0 Å². The lowest BCUT2D eigenvalue weighted by Crippen LogP contribution is -2.22. The Kier molecular flexibility index (Phi) is 2.95. The van der Waals surface area contributed by atoms with Crippen molar-refractivity contribution in [1.82, 2.24) is 14.7 Å². The molecule has 1 amide bonds. The molecule has 0 fully saturated rings. The predicted molar refractivity (Wildman–Crippen MR) is 66.7 cm³/mol. The van der Waals surface area contributed by atoms with E-state index >= 15 is 0 Å². The molecule has 0 saturated heterocycles. The second-order valence-corrected chi connectivity index (χ2v) is 4.15. The average Bonchev–Trinajstić information content (AvgIpc) is 2.74. The van der Waals surface area contributed by atoms with Crippen LogP contribution in [0.25, 0.3) is 11.1 Å². The Morgan fingerprint density at radius 1 is 1.29 bits per heavy atom. The summed E-state index contributed by atoms with van der Waals surface area (Å²) in [4.78, 5) is 13.6. The summed E-state index contributed by atoms with van der Waals surface area (Å²) in [5.74, 6) is 0.00412. The standard InChI is InChI=1S/C13H15N3O/c1-15(2)13(17)12-7-5-4-6-11(12)10-8-14-16(3)9-10/h4-9H,1-3H3. The number of hydrogen-bond donors (Lipinski definition) is 0. The fourth-order valence-corrected chi connectivity index (χ4v) is 1.72. The predicted octanol–water partition coefficient (Wildman–Crippen LogP) is 1.79. The van der Waals surface area contributed by atoms with Gasteiger partial charge in [-0.3, -0.25) is 9.48 Å². The highest BCUT2D eigenvalue weighted by Crippen LogP contribution is 2.23. The molecule has 1 aromatic carbocycles. The molecule has 1 heterocycles. The van der Waals surface area contributed by atoms with E-state index in [0.29, 0.717) is 5.56 Å². The van der Waals surface area contributed by atoms with E-state index in [4.69, 9.17) is 0 Å². The van der Waals surface area contributed by atoms with Crippen LogP contribution in [0.4, 0.5) is 0 Å². The van der Waals surface area contributed by atoms with Gasteiger partial charge in [0.2, 0.25) is 0 Å². The van der Waals surface area contributed by atoms with Gasteiger partial charge in [0.15, 0.2) is 0 Å². The molecule has 0 aliphatic heterocycles. The average molecular weight is 229 g/mol. The van der Waals surface area contributed by atoms with E-state index in [1.165, 1.54) is 0 Å². The summed E-state index contributed by atoms with van der Waals surface area (Å²) in [6.07, 6.45) is 3.67. The van der Waals surface area contributed by atoms with E-state index in [0.717, 1.165) is 11.1 Å². The maximum absolute atomic E-state index is 12.0. The van der Waals surface area contributed by atoms with Crippen LogP contribution in [0, 0.1) is 0 Å². The smallest absolute Gasteiger partial charge is 0.253 e. The van der Waals surface area contributed by atoms with E-state index in [1.807, 2.05) is 37.5 Å². The number of carbonyl (C=O) groups excluding carboxylic acids is 1. The first-order valence-electron chi connectivity index (χ1n) is 5.39. The van der Waals surface area contributed by atoms with Gasteiger partial charge in [-0.2, -0.15) is 5.10 Å². The van der Waals surface area contributed by atoms with Crippen LogP contribution in [-0.2, 0) is 7.05 Å². The number of aryl methyl sites for hydroxylation is 1. The molecule has 17 heavy (non-hydrogen) atoms. The Hall–Kier alpha value is -2.10. The summed E-state index contributed by atoms with van der Waals surface area (Å²) in [6, 6.07) is 7.57.